The second kappa shape index (κ2) is 5.22. The Bertz CT molecular complexity index is 715. The van der Waals surface area contributed by atoms with E-state index >= 15 is 0 Å². The SMILES string of the molecule is COc1c(C)cc(-c2ccnc(N)c2C#N)c(C)c1C. The number of anilines is 1. The van der Waals surface area contributed by atoms with Crippen LogP contribution < -0.4 is 10.5 Å². The number of nitriles is 1. The van der Waals surface area contributed by atoms with Crippen LogP contribution in [0.2, 0.25) is 0 Å². The van der Waals surface area contributed by atoms with Crippen LogP contribution in [0.3, 0.4) is 0 Å². The molecule has 0 fully saturated rings. The molecule has 102 valence electrons. The minimum atomic E-state index is 0.260. The van der Waals surface area contributed by atoms with Crippen molar-refractivity contribution < 1.29 is 4.74 Å². The molecule has 2 rings (SSSR count). The van der Waals surface area contributed by atoms with E-state index in [1.54, 1.807) is 13.3 Å². The molecule has 2 N–H and O–H groups in total. The number of nitrogens with zero attached hydrogens (tertiary/aromatic N) is 2. The van der Waals surface area contributed by atoms with Gasteiger partial charge < -0.3 is 10.5 Å². The average Bonchev–Trinajstić information content (AvgIpc) is 2.43. The van der Waals surface area contributed by atoms with Gasteiger partial charge in [0.05, 0.1) is 7.11 Å². The molecule has 0 saturated heterocycles. The van der Waals surface area contributed by atoms with Crippen LogP contribution in [-0.4, -0.2) is 12.1 Å². The van der Waals surface area contributed by atoms with Crippen LogP contribution in [0.5, 0.6) is 5.75 Å². The van der Waals surface area contributed by atoms with Gasteiger partial charge in [-0.1, -0.05) is 0 Å². The highest BCUT2D eigenvalue weighted by Crippen LogP contribution is 2.36. The number of aromatic nitrogens is 1. The summed E-state index contributed by atoms with van der Waals surface area (Å²) >= 11 is 0. The van der Waals surface area contributed by atoms with Gasteiger partial charge in [0.1, 0.15) is 23.2 Å². The molecule has 0 radical (unpaired) electrons. The highest BCUT2D eigenvalue weighted by Gasteiger charge is 2.16. The number of nitrogens with two attached hydrogens (primary N) is 1. The van der Waals surface area contributed by atoms with Crippen LogP contribution in [-0.2, 0) is 0 Å². The number of nitrogen functional groups attached to an aromatic ring is 1. The lowest BCUT2D eigenvalue weighted by Crippen LogP contribution is -2.00. The minimum absolute atomic E-state index is 0.260. The van der Waals surface area contributed by atoms with E-state index in [2.05, 4.69) is 11.1 Å². The Hall–Kier alpha value is -2.54. The maximum Gasteiger partial charge on any atom is 0.141 e. The number of hydrogen-bond donors (Lipinski definition) is 1. The number of rotatable bonds is 2. The van der Waals surface area contributed by atoms with Gasteiger partial charge in [-0.25, -0.2) is 4.98 Å². The fraction of sp³-hybridized carbons (Fsp3) is 0.250. The molecule has 0 amide bonds. The number of pyridine rings is 1. The van der Waals surface area contributed by atoms with Gasteiger partial charge in [0, 0.05) is 11.8 Å². The van der Waals surface area contributed by atoms with Crippen molar-refractivity contribution in [1.82, 2.24) is 4.98 Å². The Kier molecular flexibility index (Phi) is 3.62. The second-order valence-corrected chi connectivity index (χ2v) is 4.75. The molecular weight excluding hydrogens is 250 g/mol. The number of aryl methyl sites for hydroxylation is 1. The van der Waals surface area contributed by atoms with E-state index in [0.717, 1.165) is 33.6 Å². The zero-order chi connectivity index (χ0) is 14.9. The quantitative estimate of drug-likeness (QED) is 0.907. The molecule has 2 aromatic rings. The number of benzene rings is 1. The summed E-state index contributed by atoms with van der Waals surface area (Å²) in [6.07, 6.45) is 1.62. The Morgan fingerprint density at radius 1 is 1.20 bits per heavy atom. The highest BCUT2D eigenvalue weighted by molar-refractivity contribution is 5.79. The van der Waals surface area contributed by atoms with Gasteiger partial charge in [-0.05, 0) is 55.2 Å². The van der Waals surface area contributed by atoms with Gasteiger partial charge in [0.2, 0.25) is 0 Å². The molecule has 0 saturated carbocycles. The van der Waals surface area contributed by atoms with Crippen LogP contribution >= 0.6 is 0 Å². The lowest BCUT2D eigenvalue weighted by atomic mass is 9.92. The van der Waals surface area contributed by atoms with Gasteiger partial charge in [0.15, 0.2) is 0 Å². The molecule has 4 nitrogen and oxygen atoms in total. The van der Waals surface area contributed by atoms with Crippen LogP contribution in [0.4, 0.5) is 5.82 Å². The van der Waals surface area contributed by atoms with Crippen molar-refractivity contribution in [1.29, 1.82) is 5.26 Å². The van der Waals surface area contributed by atoms with Crippen molar-refractivity contribution in [3.05, 3.63) is 40.6 Å². The predicted octanol–water partition coefficient (Wildman–Crippen LogP) is 3.14. The first-order chi connectivity index (χ1) is 9.51. The molecule has 0 spiro atoms. The van der Waals surface area contributed by atoms with Gasteiger partial charge in [-0.15, -0.1) is 0 Å². The largest absolute Gasteiger partial charge is 0.496 e. The summed E-state index contributed by atoms with van der Waals surface area (Å²) in [7, 11) is 1.67. The van der Waals surface area contributed by atoms with Crippen LogP contribution in [0.1, 0.15) is 22.3 Å². The summed E-state index contributed by atoms with van der Waals surface area (Å²) in [4.78, 5) is 3.97. The summed E-state index contributed by atoms with van der Waals surface area (Å²) in [5.74, 6) is 1.14. The van der Waals surface area contributed by atoms with Gasteiger partial charge in [-0.2, -0.15) is 5.26 Å². The van der Waals surface area contributed by atoms with E-state index < -0.39 is 0 Å². The molecule has 0 atom stereocenters. The second-order valence-electron chi connectivity index (χ2n) is 4.75. The maximum absolute atomic E-state index is 9.30. The first kappa shape index (κ1) is 13.9. The minimum Gasteiger partial charge on any atom is -0.496 e. The predicted molar refractivity (Wildman–Crippen MR) is 79.6 cm³/mol. The highest BCUT2D eigenvalue weighted by atomic mass is 16.5. The monoisotopic (exact) mass is 267 g/mol. The Morgan fingerprint density at radius 3 is 2.50 bits per heavy atom. The van der Waals surface area contributed by atoms with Crippen molar-refractivity contribution in [3.8, 4) is 22.9 Å². The van der Waals surface area contributed by atoms with Crippen molar-refractivity contribution in [2.24, 2.45) is 0 Å². The molecule has 0 aliphatic rings. The third-order valence-electron chi connectivity index (χ3n) is 3.61. The molecule has 1 heterocycles. The zero-order valence-electron chi connectivity index (χ0n) is 12.1. The Balaban J connectivity index is 2.79. The molecule has 0 aliphatic heterocycles. The van der Waals surface area contributed by atoms with E-state index in [-0.39, 0.29) is 5.82 Å². The molecular formula is C16H17N3O. The van der Waals surface area contributed by atoms with Crippen LogP contribution in [0, 0.1) is 32.1 Å². The number of ether oxygens (including phenoxy) is 1. The fourth-order valence-electron chi connectivity index (χ4n) is 2.47. The number of hydrogen-bond acceptors (Lipinski definition) is 4. The topological polar surface area (TPSA) is 71.9 Å². The summed E-state index contributed by atoms with van der Waals surface area (Å²) in [6, 6.07) is 5.98. The van der Waals surface area contributed by atoms with E-state index in [1.165, 1.54) is 0 Å². The maximum atomic E-state index is 9.30. The normalized spacial score (nSPS) is 10.2. The average molecular weight is 267 g/mol. The summed E-state index contributed by atoms with van der Waals surface area (Å²) in [6.45, 7) is 6.02. The molecule has 20 heavy (non-hydrogen) atoms. The van der Waals surface area contributed by atoms with Crippen molar-refractivity contribution in [2.45, 2.75) is 20.8 Å². The Labute approximate surface area is 118 Å². The van der Waals surface area contributed by atoms with E-state index in [1.807, 2.05) is 32.9 Å². The summed E-state index contributed by atoms with van der Waals surface area (Å²) < 4.78 is 5.43. The van der Waals surface area contributed by atoms with Crippen molar-refractivity contribution in [3.63, 3.8) is 0 Å². The van der Waals surface area contributed by atoms with Gasteiger partial charge >= 0.3 is 0 Å². The molecule has 0 aliphatic carbocycles. The summed E-state index contributed by atoms with van der Waals surface area (Å²) in [5, 5.41) is 9.30. The number of methoxy groups -OCH3 is 1. The fourth-order valence-corrected chi connectivity index (χ4v) is 2.47. The molecule has 0 unspecified atom stereocenters. The van der Waals surface area contributed by atoms with E-state index in [0.29, 0.717) is 5.56 Å². The van der Waals surface area contributed by atoms with Gasteiger partial charge in [0.25, 0.3) is 0 Å². The first-order valence-electron chi connectivity index (χ1n) is 6.31. The lowest BCUT2D eigenvalue weighted by Gasteiger charge is -2.16. The zero-order valence-corrected chi connectivity index (χ0v) is 12.1. The molecule has 1 aromatic carbocycles. The van der Waals surface area contributed by atoms with E-state index in [4.69, 9.17) is 10.5 Å². The van der Waals surface area contributed by atoms with Crippen molar-refractivity contribution >= 4 is 5.82 Å². The third-order valence-corrected chi connectivity index (χ3v) is 3.61. The molecule has 0 bridgehead atoms. The third kappa shape index (κ3) is 2.08. The van der Waals surface area contributed by atoms with Crippen LogP contribution in [0.25, 0.3) is 11.1 Å². The smallest absolute Gasteiger partial charge is 0.141 e. The van der Waals surface area contributed by atoms with Crippen LogP contribution in [0.15, 0.2) is 18.3 Å². The standard InChI is InChI=1S/C16H17N3O/c1-9-7-13(10(2)11(3)15(9)20-4)12-5-6-19-16(18)14(12)8-17/h5-7H,1-4H3,(H2,18,19). The van der Waals surface area contributed by atoms with Crippen molar-refractivity contribution in [2.75, 3.05) is 12.8 Å². The summed E-state index contributed by atoms with van der Waals surface area (Å²) in [5.41, 5.74) is 11.2. The first-order valence-corrected chi connectivity index (χ1v) is 6.31. The molecule has 1 aromatic heterocycles. The Morgan fingerprint density at radius 2 is 1.90 bits per heavy atom. The lowest BCUT2D eigenvalue weighted by molar-refractivity contribution is 0.408. The van der Waals surface area contributed by atoms with E-state index in [9.17, 15) is 5.26 Å². The van der Waals surface area contributed by atoms with Gasteiger partial charge in [-0.3, -0.25) is 0 Å². The molecule has 4 heteroatoms.